The van der Waals surface area contributed by atoms with Gasteiger partial charge in [-0.3, -0.25) is 0 Å². The van der Waals surface area contributed by atoms with Crippen LogP contribution in [0, 0.1) is 0 Å². The molecule has 0 saturated carbocycles. The van der Waals surface area contributed by atoms with Crippen LogP contribution in [-0.2, 0) is 5.41 Å². The van der Waals surface area contributed by atoms with Crippen molar-refractivity contribution in [2.75, 3.05) is 0 Å². The minimum atomic E-state index is -1.16. The minimum absolute atomic E-state index is 0.148. The largest absolute Gasteiger partial charge is 0.508 e. The molecule has 1 aromatic rings. The van der Waals surface area contributed by atoms with E-state index in [0.29, 0.717) is 12.2 Å². The molecule has 2 N–H and O–H groups in total. The Bertz CT molecular complexity index is 394. The molecule has 1 aliphatic rings. The van der Waals surface area contributed by atoms with E-state index in [0.717, 1.165) is 5.56 Å². The predicted octanol–water partition coefficient (Wildman–Crippen LogP) is 2.16. The first kappa shape index (κ1) is 10.3. The van der Waals surface area contributed by atoms with Gasteiger partial charge in [0.1, 0.15) is 11.5 Å². The van der Waals surface area contributed by atoms with Crippen molar-refractivity contribution < 1.29 is 14.9 Å². The van der Waals surface area contributed by atoms with Crippen LogP contribution in [0.5, 0.6) is 11.5 Å². The van der Waals surface area contributed by atoms with Crippen molar-refractivity contribution in [2.24, 2.45) is 0 Å². The zero-order valence-corrected chi connectivity index (χ0v) is 9.24. The Labute approximate surface area is 89.3 Å². The molecule has 15 heavy (non-hydrogen) atoms. The molecule has 3 heteroatoms. The molecule has 0 saturated heterocycles. The number of rotatable bonds is 0. The van der Waals surface area contributed by atoms with Gasteiger partial charge in [-0.1, -0.05) is 19.9 Å². The lowest BCUT2D eigenvalue weighted by atomic mass is 9.76. The zero-order chi connectivity index (χ0) is 11.3. The summed E-state index contributed by atoms with van der Waals surface area (Å²) in [5.74, 6) is -0.442. The van der Waals surface area contributed by atoms with Crippen molar-refractivity contribution in [3.63, 3.8) is 0 Å². The Kier molecular flexibility index (Phi) is 1.98. The molecular formula is C12H16O3. The normalized spacial score (nSPS) is 28.0. The summed E-state index contributed by atoms with van der Waals surface area (Å²) in [5, 5.41) is 19.3. The number of fused-ring (bicyclic) bond motifs is 1. The molecule has 0 spiro atoms. The lowest BCUT2D eigenvalue weighted by Crippen LogP contribution is -2.43. The van der Waals surface area contributed by atoms with Gasteiger partial charge in [0.2, 0.25) is 5.79 Å². The zero-order valence-electron chi connectivity index (χ0n) is 9.24. The van der Waals surface area contributed by atoms with Crippen LogP contribution in [-0.4, -0.2) is 16.0 Å². The highest BCUT2D eigenvalue weighted by Crippen LogP contribution is 2.44. The molecule has 2 rings (SSSR count). The second-order valence-electron chi connectivity index (χ2n) is 5.02. The summed E-state index contributed by atoms with van der Waals surface area (Å²) in [4.78, 5) is 0. The van der Waals surface area contributed by atoms with E-state index in [2.05, 4.69) is 13.8 Å². The predicted molar refractivity (Wildman–Crippen MR) is 57.0 cm³/mol. The third-order valence-corrected chi connectivity index (χ3v) is 2.79. The smallest absolute Gasteiger partial charge is 0.206 e. The fourth-order valence-corrected chi connectivity index (χ4v) is 2.34. The second kappa shape index (κ2) is 2.89. The van der Waals surface area contributed by atoms with Gasteiger partial charge in [0, 0.05) is 25.0 Å². The lowest BCUT2D eigenvalue weighted by Gasteiger charge is -2.40. The van der Waals surface area contributed by atoms with Crippen LogP contribution in [0.3, 0.4) is 0 Å². The van der Waals surface area contributed by atoms with Crippen molar-refractivity contribution in [3.05, 3.63) is 23.8 Å². The first-order valence-electron chi connectivity index (χ1n) is 5.05. The van der Waals surface area contributed by atoms with E-state index < -0.39 is 5.79 Å². The SMILES string of the molecule is CC1(O)CC(C)(C)c2ccc(O)cc2O1. The molecular weight excluding hydrogens is 192 g/mol. The quantitative estimate of drug-likeness (QED) is 0.687. The molecule has 0 aliphatic carbocycles. The minimum Gasteiger partial charge on any atom is -0.508 e. The molecule has 82 valence electrons. The second-order valence-corrected chi connectivity index (χ2v) is 5.02. The van der Waals surface area contributed by atoms with Crippen molar-refractivity contribution in [1.29, 1.82) is 0 Å². The van der Waals surface area contributed by atoms with Crippen molar-refractivity contribution in [2.45, 2.75) is 38.4 Å². The van der Waals surface area contributed by atoms with Gasteiger partial charge in [-0.15, -0.1) is 0 Å². The topological polar surface area (TPSA) is 49.7 Å². The average Bonchev–Trinajstić information content (AvgIpc) is 1.97. The summed E-state index contributed by atoms with van der Waals surface area (Å²) < 4.78 is 5.43. The van der Waals surface area contributed by atoms with E-state index in [4.69, 9.17) is 4.74 Å². The Morgan fingerprint density at radius 1 is 1.27 bits per heavy atom. The Hall–Kier alpha value is -1.22. The van der Waals surface area contributed by atoms with Crippen molar-refractivity contribution in [1.82, 2.24) is 0 Å². The number of benzene rings is 1. The average molecular weight is 208 g/mol. The van der Waals surface area contributed by atoms with Crippen LogP contribution >= 0.6 is 0 Å². The van der Waals surface area contributed by atoms with Gasteiger partial charge in [0.05, 0.1) is 0 Å². The Morgan fingerprint density at radius 2 is 1.93 bits per heavy atom. The summed E-state index contributed by atoms with van der Waals surface area (Å²) in [5.41, 5.74) is 0.872. The van der Waals surface area contributed by atoms with E-state index in [1.165, 1.54) is 0 Å². The monoisotopic (exact) mass is 208 g/mol. The molecule has 1 heterocycles. The van der Waals surface area contributed by atoms with Gasteiger partial charge in [-0.25, -0.2) is 0 Å². The molecule has 0 fully saturated rings. The summed E-state index contributed by atoms with van der Waals surface area (Å²) in [6.07, 6.45) is 0.539. The van der Waals surface area contributed by atoms with E-state index in [-0.39, 0.29) is 11.2 Å². The molecule has 1 aromatic carbocycles. The first-order valence-corrected chi connectivity index (χ1v) is 5.05. The number of hydrogen-bond acceptors (Lipinski definition) is 3. The molecule has 0 amide bonds. The number of hydrogen-bond donors (Lipinski definition) is 2. The van der Waals surface area contributed by atoms with Gasteiger partial charge in [-0.05, 0) is 11.5 Å². The van der Waals surface area contributed by atoms with Gasteiger partial charge in [0.15, 0.2) is 0 Å². The molecule has 1 aliphatic heterocycles. The van der Waals surface area contributed by atoms with Gasteiger partial charge in [0.25, 0.3) is 0 Å². The Morgan fingerprint density at radius 3 is 2.60 bits per heavy atom. The molecule has 0 bridgehead atoms. The van der Waals surface area contributed by atoms with Gasteiger partial charge < -0.3 is 14.9 Å². The van der Waals surface area contributed by atoms with Crippen LogP contribution < -0.4 is 4.74 Å². The maximum atomic E-state index is 9.94. The molecule has 0 aromatic heterocycles. The van der Waals surface area contributed by atoms with E-state index in [9.17, 15) is 10.2 Å². The Balaban J connectivity index is 2.55. The third-order valence-electron chi connectivity index (χ3n) is 2.79. The van der Waals surface area contributed by atoms with Crippen LogP contribution in [0.2, 0.25) is 0 Å². The number of phenolic OH excluding ortho intramolecular Hbond substituents is 1. The standard InChI is InChI=1S/C12H16O3/c1-11(2)7-12(3,14)15-10-6-8(13)4-5-9(10)11/h4-6,13-14H,7H2,1-3H3. The summed E-state index contributed by atoms with van der Waals surface area (Å²) in [6.45, 7) is 5.75. The summed E-state index contributed by atoms with van der Waals surface area (Å²) in [6, 6.07) is 5.04. The van der Waals surface area contributed by atoms with Crippen LogP contribution in [0.1, 0.15) is 32.8 Å². The van der Waals surface area contributed by atoms with E-state index in [1.54, 1.807) is 19.1 Å². The number of aromatic hydroxyl groups is 1. The van der Waals surface area contributed by atoms with Gasteiger partial charge >= 0.3 is 0 Å². The van der Waals surface area contributed by atoms with E-state index in [1.807, 2.05) is 6.07 Å². The van der Waals surface area contributed by atoms with Crippen LogP contribution in [0.15, 0.2) is 18.2 Å². The number of ether oxygens (including phenoxy) is 1. The summed E-state index contributed by atoms with van der Waals surface area (Å²) in [7, 11) is 0. The highest BCUT2D eigenvalue weighted by atomic mass is 16.6. The van der Waals surface area contributed by atoms with Crippen molar-refractivity contribution >= 4 is 0 Å². The maximum absolute atomic E-state index is 9.94. The van der Waals surface area contributed by atoms with Crippen molar-refractivity contribution in [3.8, 4) is 11.5 Å². The van der Waals surface area contributed by atoms with Crippen LogP contribution in [0.4, 0.5) is 0 Å². The highest BCUT2D eigenvalue weighted by Gasteiger charge is 2.40. The van der Waals surface area contributed by atoms with E-state index >= 15 is 0 Å². The van der Waals surface area contributed by atoms with Gasteiger partial charge in [-0.2, -0.15) is 0 Å². The maximum Gasteiger partial charge on any atom is 0.206 e. The lowest BCUT2D eigenvalue weighted by molar-refractivity contribution is -0.148. The number of aliphatic hydroxyl groups is 1. The fourth-order valence-electron chi connectivity index (χ4n) is 2.34. The highest BCUT2D eigenvalue weighted by molar-refractivity contribution is 5.45. The van der Waals surface area contributed by atoms with Crippen LogP contribution in [0.25, 0.3) is 0 Å². The molecule has 3 nitrogen and oxygen atoms in total. The number of phenols is 1. The third kappa shape index (κ3) is 1.79. The first-order chi connectivity index (χ1) is 6.80. The molecule has 1 atom stereocenters. The molecule has 0 radical (unpaired) electrons. The summed E-state index contributed by atoms with van der Waals surface area (Å²) >= 11 is 0. The molecule has 1 unspecified atom stereocenters. The fraction of sp³-hybridized carbons (Fsp3) is 0.500.